The standard InChI is InChI=1S/C37H59ClN4O16/c1-25(44)39-11-14-54-16-18-56-20-19-55-17-15-53-13-9-30(47)40-10-3-2-4-12-57-37(36(51)52)22-28(45)33(42-32(49)24-43)35(58-37)34(50)29(46)23-41-31(48)21-26-5-7-27(38)8-6-26/h5-8,28-29,33-35,43,45-46,50H,2-4,9-24H2,1H3,(H,39,44)(H,40,47)(H,41,48)(H,42,49)(H,51,52)/t28-,29+,33+,34+,35+,37+/m0/s1. The van der Waals surface area contributed by atoms with E-state index in [9.17, 15) is 49.5 Å². The van der Waals surface area contributed by atoms with Crippen LogP contribution in [0.15, 0.2) is 24.3 Å². The van der Waals surface area contributed by atoms with E-state index in [0.717, 1.165) is 0 Å². The molecule has 330 valence electrons. The van der Waals surface area contributed by atoms with Crippen LogP contribution in [0.5, 0.6) is 0 Å². The number of carboxylic acid groups (broad SMARTS) is 1. The summed E-state index contributed by atoms with van der Waals surface area (Å²) in [5, 5.41) is 62.8. The van der Waals surface area contributed by atoms with Gasteiger partial charge >= 0.3 is 5.97 Å². The zero-order valence-corrected chi connectivity index (χ0v) is 33.5. The van der Waals surface area contributed by atoms with Crippen molar-refractivity contribution in [2.75, 3.05) is 85.7 Å². The fourth-order valence-electron chi connectivity index (χ4n) is 5.54. The summed E-state index contributed by atoms with van der Waals surface area (Å²) in [4.78, 5) is 59.9. The lowest BCUT2D eigenvalue weighted by molar-refractivity contribution is -0.310. The van der Waals surface area contributed by atoms with E-state index in [1.165, 1.54) is 6.92 Å². The fraction of sp³-hybridized carbons (Fsp3) is 0.703. The van der Waals surface area contributed by atoms with Crippen molar-refractivity contribution in [1.29, 1.82) is 0 Å². The topological polar surface area (TPSA) is 290 Å². The summed E-state index contributed by atoms with van der Waals surface area (Å²) in [7, 11) is 0. The van der Waals surface area contributed by atoms with E-state index in [-0.39, 0.29) is 37.9 Å². The molecule has 58 heavy (non-hydrogen) atoms. The van der Waals surface area contributed by atoms with Gasteiger partial charge in [-0.1, -0.05) is 23.7 Å². The van der Waals surface area contributed by atoms with Crippen LogP contribution in [0.4, 0.5) is 0 Å². The maximum Gasteiger partial charge on any atom is 0.364 e. The molecule has 0 radical (unpaired) electrons. The van der Waals surface area contributed by atoms with Crippen molar-refractivity contribution in [1.82, 2.24) is 21.3 Å². The minimum Gasteiger partial charge on any atom is -0.477 e. The molecule has 0 aromatic heterocycles. The molecule has 9 N–H and O–H groups in total. The first-order valence-corrected chi connectivity index (χ1v) is 19.5. The van der Waals surface area contributed by atoms with Crippen LogP contribution in [0, 0.1) is 0 Å². The van der Waals surface area contributed by atoms with Crippen LogP contribution in [-0.4, -0.2) is 177 Å². The number of aliphatic hydroxyl groups excluding tert-OH is 4. The van der Waals surface area contributed by atoms with Gasteiger partial charge in [-0.05, 0) is 37.0 Å². The van der Waals surface area contributed by atoms with Gasteiger partial charge in [0.1, 0.15) is 18.8 Å². The molecule has 1 fully saturated rings. The number of aliphatic hydroxyl groups is 4. The second-order valence-corrected chi connectivity index (χ2v) is 13.7. The number of benzene rings is 1. The number of rotatable bonds is 31. The van der Waals surface area contributed by atoms with Crippen LogP contribution < -0.4 is 21.3 Å². The number of unbranched alkanes of at least 4 members (excludes halogenated alkanes) is 2. The molecule has 2 rings (SSSR count). The number of carbonyl (C=O) groups excluding carboxylic acids is 4. The molecular formula is C37H59ClN4O16. The molecule has 1 aromatic rings. The molecule has 1 aliphatic rings. The lowest BCUT2D eigenvalue weighted by Gasteiger charge is -2.46. The second kappa shape index (κ2) is 28.8. The van der Waals surface area contributed by atoms with E-state index in [2.05, 4.69) is 21.3 Å². The van der Waals surface area contributed by atoms with Crippen LogP contribution in [0.1, 0.15) is 44.6 Å². The van der Waals surface area contributed by atoms with Crippen molar-refractivity contribution in [3.05, 3.63) is 34.9 Å². The molecule has 20 nitrogen and oxygen atoms in total. The molecular weight excluding hydrogens is 792 g/mol. The van der Waals surface area contributed by atoms with Crippen LogP contribution in [0.25, 0.3) is 0 Å². The lowest BCUT2D eigenvalue weighted by atomic mass is 9.88. The van der Waals surface area contributed by atoms with Gasteiger partial charge in [-0.2, -0.15) is 0 Å². The minimum atomic E-state index is -2.48. The van der Waals surface area contributed by atoms with Gasteiger partial charge in [0, 0.05) is 44.4 Å². The van der Waals surface area contributed by atoms with Gasteiger partial charge in [0.05, 0.1) is 84.1 Å². The molecule has 21 heteroatoms. The summed E-state index contributed by atoms with van der Waals surface area (Å²) in [6.07, 6.45) is -6.34. The Morgan fingerprint density at radius 2 is 1.43 bits per heavy atom. The smallest absolute Gasteiger partial charge is 0.364 e. The number of halogens is 1. The van der Waals surface area contributed by atoms with Crippen LogP contribution in [0.2, 0.25) is 5.02 Å². The quantitative estimate of drug-likeness (QED) is 0.0366. The summed E-state index contributed by atoms with van der Waals surface area (Å²) in [6.45, 7) is 3.42. The van der Waals surface area contributed by atoms with Crippen LogP contribution in [-0.2, 0) is 58.8 Å². The molecule has 4 amide bonds. The number of hydrogen-bond donors (Lipinski definition) is 9. The summed E-state index contributed by atoms with van der Waals surface area (Å²) < 4.78 is 32.8. The first-order valence-electron chi connectivity index (χ1n) is 19.1. The Balaban J connectivity index is 1.68. The number of ether oxygens (including phenoxy) is 6. The van der Waals surface area contributed by atoms with Crippen molar-refractivity contribution in [2.24, 2.45) is 0 Å². The van der Waals surface area contributed by atoms with E-state index in [1.54, 1.807) is 24.3 Å². The molecule has 0 aliphatic carbocycles. The van der Waals surface area contributed by atoms with Crippen molar-refractivity contribution < 1.29 is 77.9 Å². The fourth-order valence-corrected chi connectivity index (χ4v) is 5.66. The number of nitrogens with one attached hydrogen (secondary N) is 4. The van der Waals surface area contributed by atoms with Crippen molar-refractivity contribution in [3.63, 3.8) is 0 Å². The third kappa shape index (κ3) is 20.4. The highest BCUT2D eigenvalue weighted by Crippen LogP contribution is 2.34. The molecule has 6 atom stereocenters. The van der Waals surface area contributed by atoms with Gasteiger partial charge in [-0.25, -0.2) is 4.79 Å². The highest BCUT2D eigenvalue weighted by atomic mass is 35.5. The summed E-state index contributed by atoms with van der Waals surface area (Å²) in [5.41, 5.74) is 0.631. The number of hydrogen-bond acceptors (Lipinski definition) is 15. The maximum absolute atomic E-state index is 12.5. The Labute approximate surface area is 342 Å². The third-order valence-electron chi connectivity index (χ3n) is 8.58. The van der Waals surface area contributed by atoms with Gasteiger partial charge in [-0.3, -0.25) is 19.2 Å². The zero-order valence-electron chi connectivity index (χ0n) is 32.7. The minimum absolute atomic E-state index is 0.0659. The number of carbonyl (C=O) groups is 5. The first kappa shape index (κ1) is 50.6. The molecule has 1 aromatic carbocycles. The van der Waals surface area contributed by atoms with Gasteiger partial charge in [0.25, 0.3) is 5.79 Å². The van der Waals surface area contributed by atoms with Gasteiger partial charge in [0.2, 0.25) is 23.6 Å². The van der Waals surface area contributed by atoms with Crippen molar-refractivity contribution in [2.45, 2.75) is 81.7 Å². The van der Waals surface area contributed by atoms with E-state index < -0.39 is 73.6 Å². The summed E-state index contributed by atoms with van der Waals surface area (Å²) in [5.74, 6) is -5.90. The second-order valence-electron chi connectivity index (χ2n) is 13.3. The maximum atomic E-state index is 12.5. The lowest BCUT2D eigenvalue weighted by Crippen LogP contribution is -2.68. The first-order chi connectivity index (χ1) is 27.8. The van der Waals surface area contributed by atoms with Gasteiger partial charge in [0.15, 0.2) is 0 Å². The van der Waals surface area contributed by atoms with E-state index in [4.69, 9.17) is 40.0 Å². The number of amides is 4. The molecule has 1 saturated heterocycles. The van der Waals surface area contributed by atoms with E-state index in [0.29, 0.717) is 89.2 Å². The average Bonchev–Trinajstić information content (AvgIpc) is 3.19. The summed E-state index contributed by atoms with van der Waals surface area (Å²) in [6, 6.07) is 5.02. The average molecular weight is 851 g/mol. The van der Waals surface area contributed by atoms with E-state index >= 15 is 0 Å². The Morgan fingerprint density at radius 1 is 0.810 bits per heavy atom. The van der Waals surface area contributed by atoms with Gasteiger partial charge in [-0.15, -0.1) is 0 Å². The predicted molar refractivity (Wildman–Crippen MR) is 204 cm³/mol. The molecule has 0 unspecified atom stereocenters. The molecule has 0 saturated carbocycles. The number of aliphatic carboxylic acids is 1. The Kier molecular flexibility index (Phi) is 25.1. The predicted octanol–water partition coefficient (Wildman–Crippen LogP) is -1.98. The molecule has 1 heterocycles. The number of carboxylic acids is 1. The van der Waals surface area contributed by atoms with Crippen molar-refractivity contribution >= 4 is 41.2 Å². The SMILES string of the molecule is CC(=O)NCCOCCOCCOCCOCCC(=O)NCCCCCO[C@]1(C(=O)O)C[C@H](O)[C@@H](NC(=O)CO)[C@H]([C@H](O)[C@H](O)CNC(=O)Cc2ccc(Cl)cc2)O1. The Hall–Kier alpha value is -3.54. The molecule has 0 spiro atoms. The highest BCUT2D eigenvalue weighted by Gasteiger charge is 2.55. The summed E-state index contributed by atoms with van der Waals surface area (Å²) >= 11 is 5.87. The zero-order chi connectivity index (χ0) is 42.8. The van der Waals surface area contributed by atoms with Crippen molar-refractivity contribution in [3.8, 4) is 0 Å². The Morgan fingerprint density at radius 3 is 2.03 bits per heavy atom. The third-order valence-corrected chi connectivity index (χ3v) is 8.83. The van der Waals surface area contributed by atoms with Crippen LogP contribution in [0.3, 0.4) is 0 Å². The monoisotopic (exact) mass is 850 g/mol. The molecule has 1 aliphatic heterocycles. The van der Waals surface area contributed by atoms with E-state index in [1.807, 2.05) is 0 Å². The normalized spacial score (nSPS) is 20.1. The Bertz CT molecular complexity index is 1380. The van der Waals surface area contributed by atoms with Gasteiger partial charge < -0.3 is 75.2 Å². The highest BCUT2D eigenvalue weighted by molar-refractivity contribution is 6.30. The largest absolute Gasteiger partial charge is 0.477 e. The van der Waals surface area contributed by atoms with Crippen LogP contribution >= 0.6 is 11.6 Å². The molecule has 0 bridgehead atoms.